The van der Waals surface area contributed by atoms with Crippen LogP contribution >= 0.6 is 0 Å². The average molecular weight is 257 g/mol. The molecule has 0 amide bonds. The molecule has 0 radical (unpaired) electrons. The van der Waals surface area contributed by atoms with Gasteiger partial charge in [0.2, 0.25) is 5.75 Å². The maximum absolute atomic E-state index is 12.1. The number of ether oxygens (including phenoxy) is 1. The van der Waals surface area contributed by atoms with E-state index in [9.17, 15) is 23.7 Å². The summed E-state index contributed by atoms with van der Waals surface area (Å²) in [6, 6.07) is 1.77. The minimum Gasteiger partial charge on any atom is -0.427 e. The zero-order valence-electron chi connectivity index (χ0n) is 8.59. The predicted molar refractivity (Wildman–Crippen MR) is 55.7 cm³/mol. The van der Waals surface area contributed by atoms with E-state index >= 15 is 0 Å². The summed E-state index contributed by atoms with van der Waals surface area (Å²) >= 11 is 0. The highest BCUT2D eigenvalue weighted by Crippen LogP contribution is 2.31. The molecule has 0 bridgehead atoms. The summed E-state index contributed by atoms with van der Waals surface area (Å²) < 4.78 is 28.2. The fraction of sp³-hybridized carbons (Fsp3) is 0.111. The number of nitro groups is 1. The first-order chi connectivity index (χ1) is 8.49. The highest BCUT2D eigenvalue weighted by atomic mass is 19.3. The first-order valence-corrected chi connectivity index (χ1v) is 4.59. The number of hydrogen-bond donors (Lipinski definition) is 1. The molecule has 1 N–H and O–H groups in total. The van der Waals surface area contributed by atoms with Crippen molar-refractivity contribution >= 4 is 16.6 Å². The van der Waals surface area contributed by atoms with E-state index in [4.69, 9.17) is 0 Å². The predicted octanol–water partition coefficient (Wildman–Crippen LogP) is 1.43. The normalized spacial score (nSPS) is 10.8. The number of nitrogens with one attached hydrogen (secondary N) is 1. The lowest BCUT2D eigenvalue weighted by Gasteiger charge is -2.05. The largest absolute Gasteiger partial charge is 0.427 e. The number of halogens is 2. The van der Waals surface area contributed by atoms with E-state index in [0.29, 0.717) is 0 Å². The van der Waals surface area contributed by atoms with E-state index in [-0.39, 0.29) is 10.9 Å². The van der Waals surface area contributed by atoms with E-state index in [1.807, 2.05) is 0 Å². The van der Waals surface area contributed by atoms with Gasteiger partial charge in [0.25, 0.3) is 5.56 Å². The van der Waals surface area contributed by atoms with Crippen LogP contribution in [0.25, 0.3) is 10.9 Å². The van der Waals surface area contributed by atoms with Crippen LogP contribution in [0.4, 0.5) is 14.5 Å². The third-order valence-corrected chi connectivity index (χ3v) is 2.13. The van der Waals surface area contributed by atoms with Gasteiger partial charge < -0.3 is 9.72 Å². The molecule has 0 atom stereocenters. The molecule has 94 valence electrons. The van der Waals surface area contributed by atoms with Crippen LogP contribution in [-0.2, 0) is 0 Å². The third kappa shape index (κ3) is 2.10. The quantitative estimate of drug-likeness (QED) is 0.662. The Balaban J connectivity index is 2.72. The van der Waals surface area contributed by atoms with Gasteiger partial charge >= 0.3 is 12.3 Å². The maximum atomic E-state index is 12.1. The highest BCUT2D eigenvalue weighted by Gasteiger charge is 2.21. The molecule has 0 saturated heterocycles. The van der Waals surface area contributed by atoms with E-state index < -0.39 is 28.5 Å². The van der Waals surface area contributed by atoms with E-state index in [1.54, 1.807) is 0 Å². The van der Waals surface area contributed by atoms with Crippen LogP contribution in [0, 0.1) is 10.1 Å². The molecule has 0 saturated carbocycles. The number of alkyl halides is 2. The molecule has 0 spiro atoms. The van der Waals surface area contributed by atoms with Gasteiger partial charge in [-0.15, -0.1) is 0 Å². The molecule has 0 unspecified atom stereocenters. The molecular formula is C9H5F2N3O4. The number of aromatic amines is 1. The van der Waals surface area contributed by atoms with Crippen molar-refractivity contribution in [2.75, 3.05) is 0 Å². The molecule has 0 aliphatic heterocycles. The van der Waals surface area contributed by atoms with Gasteiger partial charge in [-0.2, -0.15) is 8.78 Å². The number of hydrogen-bond acceptors (Lipinski definition) is 5. The number of fused-ring (bicyclic) bond motifs is 1. The Kier molecular flexibility index (Phi) is 2.88. The number of rotatable bonds is 3. The Bertz CT molecular complexity index is 670. The van der Waals surface area contributed by atoms with E-state index in [2.05, 4.69) is 14.7 Å². The Labute approximate surface area is 97.2 Å². The van der Waals surface area contributed by atoms with Gasteiger partial charge in [0.1, 0.15) is 0 Å². The lowest BCUT2D eigenvalue weighted by molar-refractivity contribution is -0.386. The second kappa shape index (κ2) is 4.35. The van der Waals surface area contributed by atoms with Crippen LogP contribution in [0.3, 0.4) is 0 Å². The van der Waals surface area contributed by atoms with Crippen LogP contribution in [0.2, 0.25) is 0 Å². The zero-order chi connectivity index (χ0) is 13.3. The number of benzene rings is 1. The van der Waals surface area contributed by atoms with Crippen molar-refractivity contribution in [1.29, 1.82) is 0 Å². The van der Waals surface area contributed by atoms with Crippen molar-refractivity contribution in [2.24, 2.45) is 0 Å². The lowest BCUT2D eigenvalue weighted by atomic mass is 10.2. The zero-order valence-corrected chi connectivity index (χ0v) is 8.59. The standard InChI is InChI=1S/C9H5F2N3O4/c10-9(11)18-7-2-5-4(1-6(7)14(16)17)8(15)13-3-12-5/h1-3,9H,(H,12,13,15). The monoisotopic (exact) mass is 257 g/mol. The van der Waals surface area contributed by atoms with Crippen LogP contribution < -0.4 is 10.3 Å². The summed E-state index contributed by atoms with van der Waals surface area (Å²) in [5.41, 5.74) is -1.30. The average Bonchev–Trinajstić information content (AvgIpc) is 2.27. The van der Waals surface area contributed by atoms with Gasteiger partial charge in [-0.1, -0.05) is 0 Å². The Morgan fingerprint density at radius 2 is 2.17 bits per heavy atom. The fourth-order valence-electron chi connectivity index (χ4n) is 1.42. The summed E-state index contributed by atoms with van der Waals surface area (Å²) in [6.07, 6.45) is 1.06. The van der Waals surface area contributed by atoms with Crippen molar-refractivity contribution in [3.63, 3.8) is 0 Å². The summed E-state index contributed by atoms with van der Waals surface area (Å²) in [4.78, 5) is 27.1. The van der Waals surface area contributed by atoms with E-state index in [1.165, 1.54) is 0 Å². The molecule has 9 heteroatoms. The van der Waals surface area contributed by atoms with Crippen molar-refractivity contribution < 1.29 is 18.4 Å². The minimum absolute atomic E-state index is 0.0278. The second-order valence-corrected chi connectivity index (χ2v) is 3.20. The van der Waals surface area contributed by atoms with Crippen LogP contribution in [0.15, 0.2) is 23.3 Å². The molecule has 0 aliphatic carbocycles. The summed E-state index contributed by atoms with van der Waals surface area (Å²) in [6.45, 7) is -3.21. The van der Waals surface area contributed by atoms with Crippen LogP contribution in [0.5, 0.6) is 5.75 Å². The van der Waals surface area contributed by atoms with Gasteiger partial charge in [-0.3, -0.25) is 14.9 Å². The second-order valence-electron chi connectivity index (χ2n) is 3.20. The summed E-state index contributed by atoms with van der Waals surface area (Å²) in [5, 5.41) is 10.6. The summed E-state index contributed by atoms with van der Waals surface area (Å²) in [7, 11) is 0. The van der Waals surface area contributed by atoms with Gasteiger partial charge in [-0.05, 0) is 0 Å². The number of aromatic nitrogens is 2. The van der Waals surface area contributed by atoms with Gasteiger partial charge in [0, 0.05) is 12.1 Å². The van der Waals surface area contributed by atoms with Gasteiger partial charge in [0.05, 0.1) is 22.2 Å². The Morgan fingerprint density at radius 1 is 1.44 bits per heavy atom. The minimum atomic E-state index is -3.21. The summed E-state index contributed by atoms with van der Waals surface area (Å²) in [5.74, 6) is -0.638. The molecule has 0 aliphatic rings. The van der Waals surface area contributed by atoms with Crippen molar-refractivity contribution in [1.82, 2.24) is 9.97 Å². The third-order valence-electron chi connectivity index (χ3n) is 2.13. The molecule has 1 aromatic heterocycles. The van der Waals surface area contributed by atoms with Crippen molar-refractivity contribution in [3.05, 3.63) is 38.9 Å². The molecule has 7 nitrogen and oxygen atoms in total. The fourth-order valence-corrected chi connectivity index (χ4v) is 1.42. The van der Waals surface area contributed by atoms with Gasteiger partial charge in [-0.25, -0.2) is 4.98 Å². The number of H-pyrrole nitrogens is 1. The molecule has 0 fully saturated rings. The van der Waals surface area contributed by atoms with Crippen LogP contribution in [0.1, 0.15) is 0 Å². The Morgan fingerprint density at radius 3 is 2.78 bits per heavy atom. The smallest absolute Gasteiger partial charge is 0.387 e. The SMILES string of the molecule is O=c1[nH]cnc2cc(OC(F)F)c([N+](=O)[O-])cc12. The van der Waals surface area contributed by atoms with Crippen LogP contribution in [-0.4, -0.2) is 21.5 Å². The number of nitro benzene ring substituents is 1. The molecular weight excluding hydrogens is 252 g/mol. The molecule has 1 aromatic carbocycles. The molecule has 2 rings (SSSR count). The topological polar surface area (TPSA) is 98.1 Å². The Hall–Kier alpha value is -2.58. The molecule has 18 heavy (non-hydrogen) atoms. The highest BCUT2D eigenvalue weighted by molar-refractivity contribution is 5.82. The lowest BCUT2D eigenvalue weighted by Crippen LogP contribution is -2.09. The maximum Gasteiger partial charge on any atom is 0.387 e. The van der Waals surface area contributed by atoms with Gasteiger partial charge in [0.15, 0.2) is 0 Å². The first kappa shape index (κ1) is 11.9. The molecule has 2 aromatic rings. The van der Waals surface area contributed by atoms with Crippen molar-refractivity contribution in [2.45, 2.75) is 6.61 Å². The van der Waals surface area contributed by atoms with Crippen molar-refractivity contribution in [3.8, 4) is 5.75 Å². The molecule has 1 heterocycles. The van der Waals surface area contributed by atoms with E-state index in [0.717, 1.165) is 18.5 Å². The first-order valence-electron chi connectivity index (χ1n) is 4.59. The number of nitrogens with zero attached hydrogens (tertiary/aromatic N) is 2.